The second kappa shape index (κ2) is 15.0. The number of rotatable bonds is 9. The highest BCUT2D eigenvalue weighted by molar-refractivity contribution is 5.73. The standard InChI is InChI=1S/C50H41N3/c1-34-32-36(3)47(33-35(34)2)19-16-37-14-17-40(18-15-37)43-24-30-46(31-25-43)50-52-48(44-26-20-41(21-27-44)38-10-6-4-7-11-38)51-49(53-50)45-28-22-42(23-29-45)39-12-8-5-9-13-39/h4-15,17-18,20-33H,16,19H2,1-3H3. The van der Waals surface area contributed by atoms with Gasteiger partial charge in [0.05, 0.1) is 0 Å². The van der Waals surface area contributed by atoms with Crippen LogP contribution in [0.5, 0.6) is 0 Å². The highest BCUT2D eigenvalue weighted by Gasteiger charge is 2.14. The molecule has 0 aliphatic heterocycles. The largest absolute Gasteiger partial charge is 0.208 e. The van der Waals surface area contributed by atoms with Crippen molar-refractivity contribution in [1.82, 2.24) is 15.0 Å². The minimum absolute atomic E-state index is 0.646. The van der Waals surface area contributed by atoms with Crippen molar-refractivity contribution >= 4 is 0 Å². The van der Waals surface area contributed by atoms with Gasteiger partial charge in [-0.05, 0) is 94.8 Å². The molecule has 0 fully saturated rings. The Bertz CT molecular complexity index is 2370. The zero-order valence-electron chi connectivity index (χ0n) is 30.4. The molecule has 0 atom stereocenters. The summed E-state index contributed by atoms with van der Waals surface area (Å²) in [6.07, 6.45) is 2.07. The van der Waals surface area contributed by atoms with Crippen LogP contribution < -0.4 is 0 Å². The van der Waals surface area contributed by atoms with Gasteiger partial charge in [-0.2, -0.15) is 0 Å². The Morgan fingerprint density at radius 2 is 0.623 bits per heavy atom. The van der Waals surface area contributed by atoms with E-state index >= 15 is 0 Å². The minimum Gasteiger partial charge on any atom is -0.208 e. The van der Waals surface area contributed by atoms with E-state index in [0.717, 1.165) is 46.2 Å². The molecule has 0 aliphatic carbocycles. The molecule has 53 heavy (non-hydrogen) atoms. The van der Waals surface area contributed by atoms with Crippen LogP contribution in [-0.4, -0.2) is 15.0 Å². The van der Waals surface area contributed by atoms with Crippen LogP contribution in [0.15, 0.2) is 170 Å². The van der Waals surface area contributed by atoms with Gasteiger partial charge in [-0.15, -0.1) is 0 Å². The van der Waals surface area contributed by atoms with Crippen LogP contribution >= 0.6 is 0 Å². The van der Waals surface area contributed by atoms with Crippen LogP contribution in [0.4, 0.5) is 0 Å². The highest BCUT2D eigenvalue weighted by Crippen LogP contribution is 2.30. The molecule has 8 rings (SSSR count). The van der Waals surface area contributed by atoms with Gasteiger partial charge in [0.1, 0.15) is 0 Å². The quantitative estimate of drug-likeness (QED) is 0.152. The van der Waals surface area contributed by atoms with E-state index in [4.69, 9.17) is 15.0 Å². The lowest BCUT2D eigenvalue weighted by atomic mass is 9.95. The van der Waals surface area contributed by atoms with Gasteiger partial charge in [-0.25, -0.2) is 15.0 Å². The van der Waals surface area contributed by atoms with Gasteiger partial charge in [-0.1, -0.05) is 170 Å². The fraction of sp³-hybridized carbons (Fsp3) is 0.100. The summed E-state index contributed by atoms with van der Waals surface area (Å²) < 4.78 is 0. The number of hydrogen-bond donors (Lipinski definition) is 0. The molecule has 0 unspecified atom stereocenters. The van der Waals surface area contributed by atoms with Crippen LogP contribution in [0.1, 0.15) is 27.8 Å². The summed E-state index contributed by atoms with van der Waals surface area (Å²) in [4.78, 5) is 15.0. The molecule has 1 heterocycles. The van der Waals surface area contributed by atoms with Crippen molar-refractivity contribution in [2.24, 2.45) is 0 Å². The Hall–Kier alpha value is -6.45. The van der Waals surface area contributed by atoms with E-state index in [1.807, 2.05) is 12.1 Å². The molecule has 0 radical (unpaired) electrons. The lowest BCUT2D eigenvalue weighted by Crippen LogP contribution is -2.00. The van der Waals surface area contributed by atoms with Crippen molar-refractivity contribution < 1.29 is 0 Å². The molecule has 0 saturated heterocycles. The first-order valence-corrected chi connectivity index (χ1v) is 18.3. The first-order valence-electron chi connectivity index (χ1n) is 18.3. The summed E-state index contributed by atoms with van der Waals surface area (Å²) in [7, 11) is 0. The van der Waals surface area contributed by atoms with Gasteiger partial charge in [-0.3, -0.25) is 0 Å². The Morgan fingerprint density at radius 3 is 1.02 bits per heavy atom. The molecule has 0 amide bonds. The SMILES string of the molecule is Cc1cc(C)c(CCc2ccc(-c3ccc(-c4nc(-c5ccc(-c6ccccc6)cc5)nc(-c5ccc(-c6ccccc6)cc5)n4)cc3)cc2)cc1C. The number of aryl methyl sites for hydroxylation is 5. The van der Waals surface area contributed by atoms with Gasteiger partial charge in [0.25, 0.3) is 0 Å². The summed E-state index contributed by atoms with van der Waals surface area (Å²) >= 11 is 0. The van der Waals surface area contributed by atoms with Gasteiger partial charge >= 0.3 is 0 Å². The molecule has 3 heteroatoms. The maximum Gasteiger partial charge on any atom is 0.164 e. The second-order valence-electron chi connectivity index (χ2n) is 13.8. The van der Waals surface area contributed by atoms with Crippen molar-refractivity contribution in [3.63, 3.8) is 0 Å². The summed E-state index contributed by atoms with van der Waals surface area (Å²) in [5.41, 5.74) is 16.7. The van der Waals surface area contributed by atoms with Crippen molar-refractivity contribution in [1.29, 1.82) is 0 Å². The van der Waals surface area contributed by atoms with Crippen LogP contribution in [0.25, 0.3) is 67.5 Å². The fourth-order valence-corrected chi connectivity index (χ4v) is 6.89. The summed E-state index contributed by atoms with van der Waals surface area (Å²) in [6, 6.07) is 59.9. The van der Waals surface area contributed by atoms with Crippen molar-refractivity contribution in [2.45, 2.75) is 33.6 Å². The number of hydrogen-bond acceptors (Lipinski definition) is 3. The molecule has 7 aromatic carbocycles. The van der Waals surface area contributed by atoms with E-state index in [1.165, 1.54) is 44.5 Å². The number of aromatic nitrogens is 3. The normalized spacial score (nSPS) is 11.1. The third-order valence-corrected chi connectivity index (χ3v) is 10.2. The predicted molar refractivity (Wildman–Crippen MR) is 221 cm³/mol. The molecule has 0 saturated carbocycles. The van der Waals surface area contributed by atoms with Crippen molar-refractivity contribution in [3.05, 3.63) is 198 Å². The molecule has 8 aromatic rings. The van der Waals surface area contributed by atoms with Crippen LogP contribution in [0.2, 0.25) is 0 Å². The van der Waals surface area contributed by atoms with E-state index in [0.29, 0.717) is 17.5 Å². The molecular formula is C50H41N3. The lowest BCUT2D eigenvalue weighted by molar-refractivity contribution is 0.945. The Morgan fingerprint density at radius 1 is 0.302 bits per heavy atom. The van der Waals surface area contributed by atoms with Crippen LogP contribution in [0.3, 0.4) is 0 Å². The molecule has 0 bridgehead atoms. The topological polar surface area (TPSA) is 38.7 Å². The first-order chi connectivity index (χ1) is 26.0. The minimum atomic E-state index is 0.646. The average molecular weight is 684 g/mol. The number of nitrogens with zero attached hydrogens (tertiary/aromatic N) is 3. The molecule has 0 N–H and O–H groups in total. The molecule has 0 spiro atoms. The Balaban J connectivity index is 1.07. The zero-order valence-corrected chi connectivity index (χ0v) is 30.4. The monoisotopic (exact) mass is 683 g/mol. The summed E-state index contributed by atoms with van der Waals surface area (Å²) in [6.45, 7) is 6.61. The van der Waals surface area contributed by atoms with Crippen molar-refractivity contribution in [2.75, 3.05) is 0 Å². The van der Waals surface area contributed by atoms with Gasteiger partial charge in [0.15, 0.2) is 17.5 Å². The molecular weight excluding hydrogens is 643 g/mol. The average Bonchev–Trinajstić information content (AvgIpc) is 3.22. The van der Waals surface area contributed by atoms with E-state index in [1.54, 1.807) is 0 Å². The smallest absolute Gasteiger partial charge is 0.164 e. The zero-order chi connectivity index (χ0) is 36.1. The van der Waals surface area contributed by atoms with Gasteiger partial charge in [0.2, 0.25) is 0 Å². The second-order valence-corrected chi connectivity index (χ2v) is 13.8. The maximum absolute atomic E-state index is 5.02. The summed E-state index contributed by atoms with van der Waals surface area (Å²) in [5, 5.41) is 0. The van der Waals surface area contributed by atoms with E-state index in [-0.39, 0.29) is 0 Å². The van der Waals surface area contributed by atoms with Crippen molar-refractivity contribution in [3.8, 4) is 67.5 Å². The molecule has 3 nitrogen and oxygen atoms in total. The molecule has 256 valence electrons. The highest BCUT2D eigenvalue weighted by atomic mass is 15.0. The third kappa shape index (κ3) is 7.61. The third-order valence-electron chi connectivity index (χ3n) is 10.2. The first kappa shape index (κ1) is 33.7. The maximum atomic E-state index is 5.02. The Kier molecular flexibility index (Phi) is 9.55. The van der Waals surface area contributed by atoms with E-state index < -0.39 is 0 Å². The molecule has 1 aromatic heterocycles. The molecule has 0 aliphatic rings. The van der Waals surface area contributed by atoms with E-state index in [9.17, 15) is 0 Å². The van der Waals surface area contributed by atoms with Gasteiger partial charge < -0.3 is 0 Å². The van der Waals surface area contributed by atoms with Crippen LogP contribution in [0, 0.1) is 20.8 Å². The Labute approximate surface area is 312 Å². The lowest BCUT2D eigenvalue weighted by Gasteiger charge is -2.11. The number of benzene rings is 7. The fourth-order valence-electron chi connectivity index (χ4n) is 6.89. The summed E-state index contributed by atoms with van der Waals surface area (Å²) in [5.74, 6) is 1.94. The van der Waals surface area contributed by atoms with Crippen LogP contribution in [-0.2, 0) is 12.8 Å². The predicted octanol–water partition coefficient (Wildman–Crippen LogP) is 12.6. The van der Waals surface area contributed by atoms with Gasteiger partial charge in [0, 0.05) is 16.7 Å². The van der Waals surface area contributed by atoms with E-state index in [2.05, 4.69) is 178 Å².